The van der Waals surface area contributed by atoms with Crippen molar-refractivity contribution in [2.24, 2.45) is 0 Å². The number of anilines is 2. The van der Waals surface area contributed by atoms with E-state index >= 15 is 0 Å². The average molecular weight is 358 g/mol. The van der Waals surface area contributed by atoms with E-state index in [1.54, 1.807) is 29.2 Å². The fraction of sp³-hybridized carbons (Fsp3) is 0.316. The summed E-state index contributed by atoms with van der Waals surface area (Å²) < 4.78 is 28.2. The zero-order valence-electron chi connectivity index (χ0n) is 14.5. The number of fused-ring (bicyclic) bond motifs is 1. The standard InChI is InChI=1S/C19H22N2O3S/c1-3-14-7-5-6-8-17(14)20-25(23,24)16-9-10-18-15(13-16)11-12-21(18)19(22)4-2/h5-10,13,20H,3-4,11-12H2,1-2H3. The summed E-state index contributed by atoms with van der Waals surface area (Å²) in [6.07, 6.45) is 1.86. The summed E-state index contributed by atoms with van der Waals surface area (Å²) in [5, 5.41) is 0. The molecule has 0 fully saturated rings. The van der Waals surface area contributed by atoms with Crippen molar-refractivity contribution in [2.75, 3.05) is 16.2 Å². The Morgan fingerprint density at radius 1 is 1.16 bits per heavy atom. The molecular formula is C19H22N2O3S. The van der Waals surface area contributed by atoms with Gasteiger partial charge in [-0.2, -0.15) is 0 Å². The van der Waals surface area contributed by atoms with Gasteiger partial charge in [-0.1, -0.05) is 32.0 Å². The maximum atomic E-state index is 12.7. The van der Waals surface area contributed by atoms with Gasteiger partial charge in [-0.15, -0.1) is 0 Å². The Bertz CT molecular complexity index is 907. The molecule has 0 saturated carbocycles. The summed E-state index contributed by atoms with van der Waals surface area (Å²) >= 11 is 0. The normalized spacial score (nSPS) is 13.6. The molecule has 1 heterocycles. The number of sulfonamides is 1. The van der Waals surface area contributed by atoms with Gasteiger partial charge in [0.1, 0.15) is 0 Å². The molecule has 2 aromatic carbocycles. The first-order valence-electron chi connectivity index (χ1n) is 8.50. The Labute approximate surface area is 148 Å². The van der Waals surface area contributed by atoms with Crippen LogP contribution in [0.3, 0.4) is 0 Å². The van der Waals surface area contributed by atoms with Gasteiger partial charge in [0.25, 0.3) is 10.0 Å². The minimum Gasteiger partial charge on any atom is -0.312 e. The summed E-state index contributed by atoms with van der Waals surface area (Å²) in [4.78, 5) is 13.9. The number of amides is 1. The zero-order valence-corrected chi connectivity index (χ0v) is 15.3. The van der Waals surface area contributed by atoms with Gasteiger partial charge in [0.2, 0.25) is 5.91 Å². The van der Waals surface area contributed by atoms with Crippen molar-refractivity contribution in [1.82, 2.24) is 0 Å². The van der Waals surface area contributed by atoms with Crippen LogP contribution in [0.4, 0.5) is 11.4 Å². The lowest BCUT2D eigenvalue weighted by Crippen LogP contribution is -2.27. The van der Waals surface area contributed by atoms with E-state index in [4.69, 9.17) is 0 Å². The second-order valence-corrected chi connectivity index (χ2v) is 7.74. The van der Waals surface area contributed by atoms with Crippen LogP contribution in [0, 0.1) is 0 Å². The van der Waals surface area contributed by atoms with Gasteiger partial charge in [0.15, 0.2) is 0 Å². The maximum absolute atomic E-state index is 12.7. The van der Waals surface area contributed by atoms with E-state index < -0.39 is 10.0 Å². The van der Waals surface area contributed by atoms with Crippen molar-refractivity contribution < 1.29 is 13.2 Å². The number of rotatable bonds is 5. The van der Waals surface area contributed by atoms with E-state index in [0.717, 1.165) is 23.2 Å². The molecule has 132 valence electrons. The quantitative estimate of drug-likeness (QED) is 0.891. The molecule has 0 atom stereocenters. The van der Waals surface area contributed by atoms with Crippen molar-refractivity contribution in [2.45, 2.75) is 38.0 Å². The molecule has 0 unspecified atom stereocenters. The molecule has 1 amide bonds. The van der Waals surface area contributed by atoms with Crippen molar-refractivity contribution in [3.8, 4) is 0 Å². The molecule has 6 heteroatoms. The highest BCUT2D eigenvalue weighted by Crippen LogP contribution is 2.31. The molecule has 3 rings (SSSR count). The highest BCUT2D eigenvalue weighted by molar-refractivity contribution is 7.92. The van der Waals surface area contributed by atoms with E-state index in [-0.39, 0.29) is 10.8 Å². The molecule has 1 aliphatic rings. The lowest BCUT2D eigenvalue weighted by Gasteiger charge is -2.17. The summed E-state index contributed by atoms with van der Waals surface area (Å²) in [6.45, 7) is 4.42. The minimum absolute atomic E-state index is 0.0596. The number of benzene rings is 2. The SMILES string of the molecule is CCC(=O)N1CCc2cc(S(=O)(=O)Nc3ccccc3CC)ccc21. The Hall–Kier alpha value is -2.34. The molecule has 25 heavy (non-hydrogen) atoms. The monoisotopic (exact) mass is 358 g/mol. The smallest absolute Gasteiger partial charge is 0.261 e. The molecule has 2 aromatic rings. The van der Waals surface area contributed by atoms with Gasteiger partial charge in [0.05, 0.1) is 10.6 Å². The summed E-state index contributed by atoms with van der Waals surface area (Å²) in [5.74, 6) is 0.0596. The van der Waals surface area contributed by atoms with Crippen LogP contribution in [-0.2, 0) is 27.7 Å². The van der Waals surface area contributed by atoms with Crippen molar-refractivity contribution in [1.29, 1.82) is 0 Å². The van der Waals surface area contributed by atoms with Gasteiger partial charge < -0.3 is 4.90 Å². The van der Waals surface area contributed by atoms with Crippen molar-refractivity contribution in [3.63, 3.8) is 0 Å². The van der Waals surface area contributed by atoms with Gasteiger partial charge in [-0.25, -0.2) is 8.42 Å². The van der Waals surface area contributed by atoms with Crippen LogP contribution in [0.15, 0.2) is 47.4 Å². The molecule has 0 spiro atoms. The van der Waals surface area contributed by atoms with Crippen molar-refractivity contribution >= 4 is 27.3 Å². The van der Waals surface area contributed by atoms with Gasteiger partial charge in [0, 0.05) is 18.7 Å². The van der Waals surface area contributed by atoms with Crippen molar-refractivity contribution in [3.05, 3.63) is 53.6 Å². The topological polar surface area (TPSA) is 66.5 Å². The Morgan fingerprint density at radius 3 is 2.64 bits per heavy atom. The third-order valence-electron chi connectivity index (χ3n) is 4.50. The predicted octanol–water partition coefficient (Wildman–Crippen LogP) is 3.35. The Balaban J connectivity index is 1.91. The summed E-state index contributed by atoms with van der Waals surface area (Å²) in [7, 11) is -3.66. The fourth-order valence-corrected chi connectivity index (χ4v) is 4.28. The minimum atomic E-state index is -3.66. The van der Waals surface area contributed by atoms with E-state index in [1.807, 2.05) is 32.0 Å². The van der Waals surface area contributed by atoms with Gasteiger partial charge in [-0.3, -0.25) is 9.52 Å². The highest BCUT2D eigenvalue weighted by Gasteiger charge is 2.26. The van der Waals surface area contributed by atoms with Gasteiger partial charge in [-0.05, 0) is 48.2 Å². The molecule has 1 aliphatic heterocycles. The molecule has 0 radical (unpaired) electrons. The van der Waals surface area contributed by atoms with E-state index in [2.05, 4.69) is 4.72 Å². The number of carbonyl (C=O) groups excluding carboxylic acids is 1. The maximum Gasteiger partial charge on any atom is 0.261 e. The van der Waals surface area contributed by atoms with E-state index in [9.17, 15) is 13.2 Å². The van der Waals surface area contributed by atoms with E-state index in [0.29, 0.717) is 25.1 Å². The predicted molar refractivity (Wildman–Crippen MR) is 99.4 cm³/mol. The van der Waals surface area contributed by atoms with E-state index in [1.165, 1.54) is 0 Å². The number of para-hydroxylation sites is 1. The number of carbonyl (C=O) groups is 1. The fourth-order valence-electron chi connectivity index (χ4n) is 3.13. The first kappa shape index (κ1) is 17.5. The third-order valence-corrected chi connectivity index (χ3v) is 5.87. The molecule has 5 nitrogen and oxygen atoms in total. The summed E-state index contributed by atoms with van der Waals surface area (Å²) in [6, 6.07) is 12.4. The Kier molecular flexibility index (Phi) is 4.81. The highest BCUT2D eigenvalue weighted by atomic mass is 32.2. The van der Waals surface area contributed by atoms with Crippen LogP contribution < -0.4 is 9.62 Å². The molecule has 0 aromatic heterocycles. The third kappa shape index (κ3) is 3.39. The lowest BCUT2D eigenvalue weighted by molar-refractivity contribution is -0.118. The van der Waals surface area contributed by atoms with Crippen LogP contribution in [0.5, 0.6) is 0 Å². The number of nitrogens with one attached hydrogen (secondary N) is 1. The lowest BCUT2D eigenvalue weighted by atomic mass is 10.1. The van der Waals surface area contributed by atoms with Gasteiger partial charge >= 0.3 is 0 Å². The van der Waals surface area contributed by atoms with Crippen LogP contribution in [0.1, 0.15) is 31.4 Å². The Morgan fingerprint density at radius 2 is 1.92 bits per heavy atom. The molecular weight excluding hydrogens is 336 g/mol. The largest absolute Gasteiger partial charge is 0.312 e. The second kappa shape index (κ2) is 6.88. The number of nitrogens with zero attached hydrogens (tertiary/aromatic N) is 1. The second-order valence-electron chi connectivity index (χ2n) is 6.06. The summed E-state index contributed by atoms with van der Waals surface area (Å²) in [5.41, 5.74) is 3.27. The first-order valence-corrected chi connectivity index (χ1v) is 9.98. The number of hydrogen-bond acceptors (Lipinski definition) is 3. The van der Waals surface area contributed by atoms with Crippen LogP contribution in [0.25, 0.3) is 0 Å². The van der Waals surface area contributed by atoms with Crippen LogP contribution in [-0.4, -0.2) is 20.9 Å². The molecule has 0 bridgehead atoms. The van der Waals surface area contributed by atoms with Crippen LogP contribution >= 0.6 is 0 Å². The molecule has 1 N–H and O–H groups in total. The zero-order chi connectivity index (χ0) is 18.0. The molecule has 0 aliphatic carbocycles. The number of hydrogen-bond donors (Lipinski definition) is 1. The first-order chi connectivity index (χ1) is 12.0. The molecule has 0 saturated heterocycles. The number of aryl methyl sites for hydroxylation is 1. The van der Waals surface area contributed by atoms with Crippen LogP contribution in [0.2, 0.25) is 0 Å². The average Bonchev–Trinajstić information content (AvgIpc) is 3.04.